The van der Waals surface area contributed by atoms with Crippen LogP contribution in [0, 0.1) is 5.41 Å². The second kappa shape index (κ2) is 4.64. The zero-order chi connectivity index (χ0) is 12.3. The number of carboxylic acids is 1. The van der Waals surface area contributed by atoms with Crippen LogP contribution >= 0.6 is 0 Å². The van der Waals surface area contributed by atoms with E-state index in [0.29, 0.717) is 12.8 Å². The molecule has 0 fully saturated rings. The fourth-order valence-electron chi connectivity index (χ4n) is 1.16. The van der Waals surface area contributed by atoms with Crippen LogP contribution in [-0.2, 0) is 9.59 Å². The molecule has 4 heteroatoms. The maximum Gasteiger partial charge on any atom is 0.329 e. The molecular weight excluding hydrogens is 194 g/mol. The quantitative estimate of drug-likeness (QED) is 0.751. The van der Waals surface area contributed by atoms with E-state index >= 15 is 0 Å². The number of carboxylic acid groups (broad SMARTS) is 1. The Kier molecular flexibility index (Phi) is 4.31. The van der Waals surface area contributed by atoms with Gasteiger partial charge in [0.15, 0.2) is 0 Å². The Bertz CT molecular complexity index is 255. The molecule has 0 saturated carbocycles. The smallest absolute Gasteiger partial charge is 0.329 e. The molecule has 88 valence electrons. The van der Waals surface area contributed by atoms with Crippen LogP contribution in [0.25, 0.3) is 0 Å². The topological polar surface area (TPSA) is 66.4 Å². The molecule has 1 atom stereocenters. The lowest BCUT2D eigenvalue weighted by Crippen LogP contribution is -2.54. The second-order valence-electron chi connectivity index (χ2n) is 5.09. The first-order valence-electron chi connectivity index (χ1n) is 5.19. The fourth-order valence-corrected chi connectivity index (χ4v) is 1.16. The number of hydrogen-bond donors (Lipinski definition) is 2. The van der Waals surface area contributed by atoms with Gasteiger partial charge in [-0.2, -0.15) is 0 Å². The molecule has 0 aliphatic carbocycles. The van der Waals surface area contributed by atoms with Gasteiger partial charge in [-0.15, -0.1) is 0 Å². The summed E-state index contributed by atoms with van der Waals surface area (Å²) in [5, 5.41) is 11.7. The first-order valence-corrected chi connectivity index (χ1v) is 5.19. The van der Waals surface area contributed by atoms with Crippen LogP contribution in [0.1, 0.15) is 47.5 Å². The van der Waals surface area contributed by atoms with Crippen LogP contribution in [0.15, 0.2) is 0 Å². The molecule has 15 heavy (non-hydrogen) atoms. The number of rotatable bonds is 4. The Labute approximate surface area is 91.1 Å². The zero-order valence-electron chi connectivity index (χ0n) is 10.2. The van der Waals surface area contributed by atoms with Crippen molar-refractivity contribution in [2.45, 2.75) is 53.0 Å². The van der Waals surface area contributed by atoms with Crippen molar-refractivity contribution in [1.82, 2.24) is 5.32 Å². The predicted octanol–water partition coefficient (Wildman–Crippen LogP) is 1.79. The normalized spacial score (nSPS) is 15.5. The largest absolute Gasteiger partial charge is 0.480 e. The Morgan fingerprint density at radius 1 is 1.20 bits per heavy atom. The minimum Gasteiger partial charge on any atom is -0.480 e. The van der Waals surface area contributed by atoms with Gasteiger partial charge in [-0.3, -0.25) is 4.79 Å². The molecule has 0 rings (SSSR count). The first-order chi connectivity index (χ1) is 6.63. The Morgan fingerprint density at radius 3 is 1.93 bits per heavy atom. The van der Waals surface area contributed by atoms with Crippen molar-refractivity contribution in [1.29, 1.82) is 0 Å². The van der Waals surface area contributed by atoms with Crippen molar-refractivity contribution < 1.29 is 14.7 Å². The van der Waals surface area contributed by atoms with Crippen LogP contribution in [-0.4, -0.2) is 22.5 Å². The first kappa shape index (κ1) is 13.9. The number of nitrogens with one attached hydrogen (secondary N) is 1. The Balaban J connectivity index is 4.71. The summed E-state index contributed by atoms with van der Waals surface area (Å²) in [4.78, 5) is 22.7. The van der Waals surface area contributed by atoms with Gasteiger partial charge in [-0.25, -0.2) is 4.79 Å². The van der Waals surface area contributed by atoms with E-state index in [-0.39, 0.29) is 5.91 Å². The van der Waals surface area contributed by atoms with E-state index in [9.17, 15) is 9.59 Å². The summed E-state index contributed by atoms with van der Waals surface area (Å²) in [5.74, 6) is -1.22. The van der Waals surface area contributed by atoms with E-state index in [0.717, 1.165) is 0 Å². The van der Waals surface area contributed by atoms with Gasteiger partial charge in [-0.05, 0) is 13.3 Å². The number of aliphatic carboxylic acids is 1. The highest BCUT2D eigenvalue weighted by molar-refractivity contribution is 5.89. The monoisotopic (exact) mass is 215 g/mol. The molecule has 1 amide bonds. The van der Waals surface area contributed by atoms with Crippen molar-refractivity contribution >= 4 is 11.9 Å². The number of carbonyl (C=O) groups excluding carboxylic acids is 1. The molecule has 0 aromatic carbocycles. The van der Waals surface area contributed by atoms with Crippen LogP contribution in [0.5, 0.6) is 0 Å². The Morgan fingerprint density at radius 2 is 1.67 bits per heavy atom. The molecule has 0 saturated heterocycles. The molecule has 0 aromatic rings. The van der Waals surface area contributed by atoms with Gasteiger partial charge in [0.25, 0.3) is 0 Å². The third-order valence-electron chi connectivity index (χ3n) is 2.29. The summed E-state index contributed by atoms with van der Waals surface area (Å²) in [5.41, 5.74) is -1.72. The SMILES string of the molecule is CCCC(C)(NC(=O)C(C)(C)C)C(=O)O. The van der Waals surface area contributed by atoms with Crippen molar-refractivity contribution in [3.8, 4) is 0 Å². The summed E-state index contributed by atoms with van der Waals surface area (Å²) in [6.07, 6.45) is 1.15. The standard InChI is InChI=1S/C11H21NO3/c1-6-7-11(5,9(14)15)12-8(13)10(2,3)4/h6-7H2,1-5H3,(H,12,13)(H,14,15). The molecule has 2 N–H and O–H groups in total. The van der Waals surface area contributed by atoms with Crippen LogP contribution < -0.4 is 5.32 Å². The van der Waals surface area contributed by atoms with E-state index in [1.165, 1.54) is 0 Å². The lowest BCUT2D eigenvalue weighted by Gasteiger charge is -2.29. The molecular formula is C11H21NO3. The molecule has 0 aliphatic heterocycles. The van der Waals surface area contributed by atoms with E-state index in [1.807, 2.05) is 6.92 Å². The van der Waals surface area contributed by atoms with E-state index in [2.05, 4.69) is 5.32 Å². The van der Waals surface area contributed by atoms with Crippen molar-refractivity contribution in [2.75, 3.05) is 0 Å². The third-order valence-corrected chi connectivity index (χ3v) is 2.29. The average Bonchev–Trinajstić information content (AvgIpc) is 2.02. The number of carbonyl (C=O) groups is 2. The summed E-state index contributed by atoms with van der Waals surface area (Å²) in [6.45, 7) is 8.72. The van der Waals surface area contributed by atoms with Gasteiger partial charge in [0.2, 0.25) is 5.91 Å². The highest BCUT2D eigenvalue weighted by atomic mass is 16.4. The van der Waals surface area contributed by atoms with Crippen molar-refractivity contribution in [3.05, 3.63) is 0 Å². The van der Waals surface area contributed by atoms with Crippen LogP contribution in [0.4, 0.5) is 0 Å². The minimum atomic E-state index is -1.15. The van der Waals surface area contributed by atoms with Crippen LogP contribution in [0.2, 0.25) is 0 Å². The van der Waals surface area contributed by atoms with E-state index < -0.39 is 16.9 Å². The minimum absolute atomic E-state index is 0.235. The average molecular weight is 215 g/mol. The van der Waals surface area contributed by atoms with Gasteiger partial charge >= 0.3 is 5.97 Å². The van der Waals surface area contributed by atoms with Gasteiger partial charge in [0.05, 0.1) is 0 Å². The molecule has 0 aliphatic rings. The molecule has 0 bridgehead atoms. The van der Waals surface area contributed by atoms with Crippen molar-refractivity contribution in [2.24, 2.45) is 5.41 Å². The maximum absolute atomic E-state index is 11.7. The molecule has 0 aromatic heterocycles. The molecule has 0 spiro atoms. The van der Waals surface area contributed by atoms with E-state index in [1.54, 1.807) is 27.7 Å². The molecule has 1 unspecified atom stereocenters. The highest BCUT2D eigenvalue weighted by Crippen LogP contribution is 2.18. The second-order valence-corrected chi connectivity index (χ2v) is 5.09. The number of hydrogen-bond acceptors (Lipinski definition) is 2. The molecule has 0 radical (unpaired) electrons. The summed E-state index contributed by atoms with van der Waals surface area (Å²) < 4.78 is 0. The number of amides is 1. The molecule has 4 nitrogen and oxygen atoms in total. The van der Waals surface area contributed by atoms with Crippen molar-refractivity contribution in [3.63, 3.8) is 0 Å². The fraction of sp³-hybridized carbons (Fsp3) is 0.818. The summed E-state index contributed by atoms with van der Waals surface area (Å²) in [7, 11) is 0. The maximum atomic E-state index is 11.7. The lowest BCUT2D eigenvalue weighted by molar-refractivity contribution is -0.148. The van der Waals surface area contributed by atoms with E-state index in [4.69, 9.17) is 5.11 Å². The van der Waals surface area contributed by atoms with Gasteiger partial charge in [0, 0.05) is 5.41 Å². The van der Waals surface area contributed by atoms with Gasteiger partial charge < -0.3 is 10.4 Å². The predicted molar refractivity (Wildman–Crippen MR) is 58.5 cm³/mol. The van der Waals surface area contributed by atoms with Gasteiger partial charge in [-0.1, -0.05) is 34.1 Å². The van der Waals surface area contributed by atoms with Gasteiger partial charge in [0.1, 0.15) is 5.54 Å². The van der Waals surface area contributed by atoms with Crippen LogP contribution in [0.3, 0.4) is 0 Å². The third kappa shape index (κ3) is 3.90. The molecule has 0 heterocycles. The summed E-state index contributed by atoms with van der Waals surface area (Å²) in [6, 6.07) is 0. The zero-order valence-corrected chi connectivity index (χ0v) is 10.2. The summed E-state index contributed by atoms with van der Waals surface area (Å²) >= 11 is 0. The Hall–Kier alpha value is -1.06. The highest BCUT2D eigenvalue weighted by Gasteiger charge is 2.36. The lowest BCUT2D eigenvalue weighted by atomic mass is 9.90.